The van der Waals surface area contributed by atoms with E-state index in [9.17, 15) is 4.79 Å². The van der Waals surface area contributed by atoms with Gasteiger partial charge in [0.05, 0.1) is 5.92 Å². The number of hydrogen-bond acceptors (Lipinski definition) is 2. The van der Waals surface area contributed by atoms with E-state index in [1.807, 2.05) is 38.1 Å². The summed E-state index contributed by atoms with van der Waals surface area (Å²) in [6.45, 7) is 7.61. The second-order valence-corrected chi connectivity index (χ2v) is 6.70. The van der Waals surface area contributed by atoms with E-state index >= 15 is 0 Å². The highest BCUT2D eigenvalue weighted by Gasteiger charge is 2.26. The average molecular weight is 312 g/mol. The highest BCUT2D eigenvalue weighted by Crippen LogP contribution is 2.27. The van der Waals surface area contributed by atoms with Gasteiger partial charge in [-0.2, -0.15) is 0 Å². The fourth-order valence-electron chi connectivity index (χ4n) is 2.65. The first-order valence-electron chi connectivity index (χ1n) is 7.86. The van der Waals surface area contributed by atoms with Gasteiger partial charge in [0, 0.05) is 0 Å². The normalized spacial score (nSPS) is 12.7. The van der Waals surface area contributed by atoms with Gasteiger partial charge in [-0.15, -0.1) is 0 Å². The summed E-state index contributed by atoms with van der Waals surface area (Å²) in [5.41, 5.74) is 3.02. The summed E-state index contributed by atoms with van der Waals surface area (Å²) >= 11 is 0. The van der Waals surface area contributed by atoms with Crippen molar-refractivity contribution in [1.82, 2.24) is 0 Å². The minimum Gasteiger partial charge on any atom is -0.488 e. The minimum absolute atomic E-state index is 0.433. The van der Waals surface area contributed by atoms with E-state index in [4.69, 9.17) is 9.84 Å². The van der Waals surface area contributed by atoms with Crippen molar-refractivity contribution in [3.8, 4) is 16.9 Å². The molecule has 0 aliphatic carbocycles. The Morgan fingerprint density at radius 2 is 1.52 bits per heavy atom. The van der Waals surface area contributed by atoms with Gasteiger partial charge < -0.3 is 9.84 Å². The number of aliphatic carboxylic acids is 1. The van der Waals surface area contributed by atoms with E-state index in [0.29, 0.717) is 6.42 Å². The highest BCUT2D eigenvalue weighted by atomic mass is 16.5. The van der Waals surface area contributed by atoms with E-state index in [0.717, 1.165) is 11.3 Å². The number of aryl methyl sites for hydroxylation is 1. The van der Waals surface area contributed by atoms with Crippen LogP contribution in [0.1, 0.15) is 32.8 Å². The third kappa shape index (κ3) is 4.85. The van der Waals surface area contributed by atoms with Crippen LogP contribution in [0.5, 0.6) is 5.75 Å². The van der Waals surface area contributed by atoms with Crippen LogP contribution in [0.2, 0.25) is 0 Å². The van der Waals surface area contributed by atoms with E-state index in [2.05, 4.69) is 31.2 Å². The van der Waals surface area contributed by atoms with Gasteiger partial charge >= 0.3 is 5.97 Å². The first-order chi connectivity index (χ1) is 10.8. The maximum Gasteiger partial charge on any atom is 0.306 e. The summed E-state index contributed by atoms with van der Waals surface area (Å²) in [5.74, 6) is -0.475. The Morgan fingerprint density at radius 1 is 1.04 bits per heavy atom. The Morgan fingerprint density at radius 3 is 2.00 bits per heavy atom. The van der Waals surface area contributed by atoms with Crippen molar-refractivity contribution in [2.75, 3.05) is 0 Å². The number of rotatable bonds is 6. The van der Waals surface area contributed by atoms with E-state index in [-0.39, 0.29) is 0 Å². The molecule has 1 unspecified atom stereocenters. The molecule has 0 saturated carbocycles. The van der Waals surface area contributed by atoms with Crippen LogP contribution < -0.4 is 4.74 Å². The summed E-state index contributed by atoms with van der Waals surface area (Å²) in [7, 11) is 0. The molecule has 0 aliphatic heterocycles. The molecule has 0 amide bonds. The Labute approximate surface area is 137 Å². The number of carbonyl (C=O) groups is 1. The molecule has 1 N–H and O–H groups in total. The Hall–Kier alpha value is -2.29. The molecule has 23 heavy (non-hydrogen) atoms. The summed E-state index contributed by atoms with van der Waals surface area (Å²) in [4.78, 5) is 11.0. The molecule has 0 aromatic heterocycles. The van der Waals surface area contributed by atoms with Crippen LogP contribution in [0.4, 0.5) is 0 Å². The molecule has 122 valence electrons. The molecular weight excluding hydrogens is 288 g/mol. The molecule has 2 aromatic rings. The van der Waals surface area contributed by atoms with Crippen molar-refractivity contribution >= 4 is 5.97 Å². The standard InChI is InChI=1S/C20H24O3/c1-14-5-7-16(8-6-14)17-9-11-18(12-10-17)23-20(3,4)13-15(2)19(21)22/h5-12,15H,13H2,1-4H3,(H,21,22). The molecule has 3 heteroatoms. The number of benzene rings is 2. The maximum absolute atomic E-state index is 11.0. The number of carboxylic acids is 1. The topological polar surface area (TPSA) is 46.5 Å². The Bertz CT molecular complexity index is 654. The molecule has 0 saturated heterocycles. The largest absolute Gasteiger partial charge is 0.488 e. The lowest BCUT2D eigenvalue weighted by molar-refractivity contribution is -0.142. The zero-order chi connectivity index (χ0) is 17.0. The van der Waals surface area contributed by atoms with Crippen LogP contribution in [-0.4, -0.2) is 16.7 Å². The summed E-state index contributed by atoms with van der Waals surface area (Å²) in [6, 6.07) is 16.3. The van der Waals surface area contributed by atoms with Crippen molar-refractivity contribution in [1.29, 1.82) is 0 Å². The van der Waals surface area contributed by atoms with E-state index in [1.54, 1.807) is 6.92 Å². The predicted octanol–water partition coefficient (Wildman–Crippen LogP) is 4.93. The van der Waals surface area contributed by atoms with Crippen LogP contribution in [-0.2, 0) is 4.79 Å². The van der Waals surface area contributed by atoms with Gasteiger partial charge in [0.15, 0.2) is 0 Å². The molecule has 2 aromatic carbocycles. The lowest BCUT2D eigenvalue weighted by Crippen LogP contribution is -2.32. The van der Waals surface area contributed by atoms with Crippen LogP contribution in [0.15, 0.2) is 48.5 Å². The van der Waals surface area contributed by atoms with Crippen molar-refractivity contribution in [2.24, 2.45) is 5.92 Å². The van der Waals surface area contributed by atoms with Gasteiger partial charge in [-0.1, -0.05) is 48.9 Å². The molecule has 2 rings (SSSR count). The van der Waals surface area contributed by atoms with Gasteiger partial charge in [-0.25, -0.2) is 0 Å². The molecule has 0 heterocycles. The van der Waals surface area contributed by atoms with Crippen molar-refractivity contribution in [3.05, 3.63) is 54.1 Å². The zero-order valence-corrected chi connectivity index (χ0v) is 14.2. The molecule has 3 nitrogen and oxygen atoms in total. The third-order valence-electron chi connectivity index (χ3n) is 3.85. The molecule has 0 bridgehead atoms. The average Bonchev–Trinajstić information content (AvgIpc) is 2.48. The van der Waals surface area contributed by atoms with Crippen LogP contribution in [0.25, 0.3) is 11.1 Å². The van der Waals surface area contributed by atoms with Crippen LogP contribution in [0.3, 0.4) is 0 Å². The molecular formula is C20H24O3. The molecule has 0 aliphatic rings. The lowest BCUT2D eigenvalue weighted by Gasteiger charge is -2.28. The van der Waals surface area contributed by atoms with Crippen LogP contribution in [0, 0.1) is 12.8 Å². The smallest absolute Gasteiger partial charge is 0.306 e. The number of ether oxygens (including phenoxy) is 1. The van der Waals surface area contributed by atoms with Crippen molar-refractivity contribution < 1.29 is 14.6 Å². The maximum atomic E-state index is 11.0. The van der Waals surface area contributed by atoms with Gasteiger partial charge in [-0.3, -0.25) is 4.79 Å². The van der Waals surface area contributed by atoms with Gasteiger partial charge in [-0.05, 0) is 50.5 Å². The molecule has 0 radical (unpaired) electrons. The van der Waals surface area contributed by atoms with Crippen LogP contribution >= 0.6 is 0 Å². The third-order valence-corrected chi connectivity index (χ3v) is 3.85. The van der Waals surface area contributed by atoms with Crippen molar-refractivity contribution in [3.63, 3.8) is 0 Å². The van der Waals surface area contributed by atoms with E-state index < -0.39 is 17.5 Å². The zero-order valence-electron chi connectivity index (χ0n) is 14.2. The first-order valence-corrected chi connectivity index (χ1v) is 7.86. The second kappa shape index (κ2) is 6.86. The molecule has 0 fully saturated rings. The van der Waals surface area contributed by atoms with Gasteiger partial charge in [0.25, 0.3) is 0 Å². The summed E-state index contributed by atoms with van der Waals surface area (Å²) in [6.07, 6.45) is 0.460. The Kier molecular flexibility index (Phi) is 5.09. The number of carboxylic acid groups (broad SMARTS) is 1. The second-order valence-electron chi connectivity index (χ2n) is 6.70. The van der Waals surface area contributed by atoms with E-state index in [1.165, 1.54) is 11.1 Å². The monoisotopic (exact) mass is 312 g/mol. The molecule has 1 atom stereocenters. The van der Waals surface area contributed by atoms with Crippen molar-refractivity contribution in [2.45, 2.75) is 39.7 Å². The van der Waals surface area contributed by atoms with Gasteiger partial charge in [0.1, 0.15) is 11.4 Å². The molecule has 0 spiro atoms. The highest BCUT2D eigenvalue weighted by molar-refractivity contribution is 5.69. The summed E-state index contributed by atoms with van der Waals surface area (Å²) in [5, 5.41) is 9.04. The number of hydrogen-bond donors (Lipinski definition) is 1. The fourth-order valence-corrected chi connectivity index (χ4v) is 2.65. The first kappa shape index (κ1) is 17.1. The predicted molar refractivity (Wildman–Crippen MR) is 92.7 cm³/mol. The minimum atomic E-state index is -0.795. The van der Waals surface area contributed by atoms with Gasteiger partial charge in [0.2, 0.25) is 0 Å². The quantitative estimate of drug-likeness (QED) is 0.822. The fraction of sp³-hybridized carbons (Fsp3) is 0.350. The summed E-state index contributed by atoms with van der Waals surface area (Å²) < 4.78 is 5.97. The lowest BCUT2D eigenvalue weighted by atomic mass is 9.94. The Balaban J connectivity index is 2.07. The SMILES string of the molecule is Cc1ccc(-c2ccc(OC(C)(C)CC(C)C(=O)O)cc2)cc1.